The molecule has 0 saturated heterocycles. The quantitative estimate of drug-likeness (QED) is 0.331. The van der Waals surface area contributed by atoms with Crippen LogP contribution < -0.4 is 10.6 Å². The van der Waals surface area contributed by atoms with E-state index in [1.807, 2.05) is 66.9 Å². The molecular formula is C25H29N5O2S. The van der Waals surface area contributed by atoms with Gasteiger partial charge in [0.15, 0.2) is 11.0 Å². The fourth-order valence-electron chi connectivity index (χ4n) is 3.26. The lowest BCUT2D eigenvalue weighted by molar-refractivity contribution is -0.118. The summed E-state index contributed by atoms with van der Waals surface area (Å²) in [4.78, 5) is 25.1. The second-order valence-electron chi connectivity index (χ2n) is 7.85. The van der Waals surface area contributed by atoms with Gasteiger partial charge < -0.3 is 15.2 Å². The van der Waals surface area contributed by atoms with Crippen molar-refractivity contribution in [3.05, 3.63) is 90.3 Å². The van der Waals surface area contributed by atoms with Crippen molar-refractivity contribution < 1.29 is 9.59 Å². The lowest BCUT2D eigenvalue weighted by Gasteiger charge is -2.22. The van der Waals surface area contributed by atoms with E-state index >= 15 is 0 Å². The fraction of sp³-hybridized carbons (Fsp3) is 0.280. The summed E-state index contributed by atoms with van der Waals surface area (Å²) in [5.74, 6) is 0.678. The first kappa shape index (κ1) is 24.3. The fourth-order valence-corrected chi connectivity index (χ4v) is 4.04. The molecule has 0 spiro atoms. The first-order valence-corrected chi connectivity index (χ1v) is 11.8. The summed E-state index contributed by atoms with van der Waals surface area (Å²) in [5, 5.41) is 15.3. The van der Waals surface area contributed by atoms with Crippen LogP contribution in [-0.2, 0) is 17.9 Å². The minimum atomic E-state index is -0.341. The Kier molecular flexibility index (Phi) is 8.83. The Labute approximate surface area is 198 Å². The second-order valence-corrected chi connectivity index (χ2v) is 8.79. The summed E-state index contributed by atoms with van der Waals surface area (Å²) in [5.41, 5.74) is 1.63. The SMILES string of the molecule is C=CCn1c(SCC(=O)NCc2ccccc2)nnc1[C@H](NC(=O)c1ccccc1)C(C)C. The molecule has 0 aliphatic heterocycles. The van der Waals surface area contributed by atoms with Crippen molar-refractivity contribution in [3.63, 3.8) is 0 Å². The molecule has 0 aliphatic rings. The van der Waals surface area contributed by atoms with Gasteiger partial charge in [-0.1, -0.05) is 80.2 Å². The Bertz CT molecular complexity index is 1070. The number of thioether (sulfide) groups is 1. The summed E-state index contributed by atoms with van der Waals surface area (Å²) in [6.07, 6.45) is 1.75. The summed E-state index contributed by atoms with van der Waals surface area (Å²) in [6.45, 7) is 8.83. The number of benzene rings is 2. The summed E-state index contributed by atoms with van der Waals surface area (Å²) in [7, 11) is 0. The van der Waals surface area contributed by atoms with Crippen LogP contribution in [0.15, 0.2) is 78.5 Å². The van der Waals surface area contributed by atoms with E-state index in [0.717, 1.165) is 5.56 Å². The molecule has 0 saturated carbocycles. The van der Waals surface area contributed by atoms with E-state index in [9.17, 15) is 9.59 Å². The average molecular weight is 464 g/mol. The average Bonchev–Trinajstić information content (AvgIpc) is 3.23. The standard InChI is InChI=1S/C25H29N5O2S/c1-4-15-30-23(22(18(2)3)27-24(32)20-13-9-6-10-14-20)28-29-25(30)33-17-21(31)26-16-19-11-7-5-8-12-19/h4-14,18,22H,1,15-17H2,2-3H3,(H,26,31)(H,27,32)/t22-/m1/s1. The topological polar surface area (TPSA) is 88.9 Å². The van der Waals surface area contributed by atoms with Crippen molar-refractivity contribution in [3.8, 4) is 0 Å². The molecule has 3 aromatic rings. The van der Waals surface area contributed by atoms with Gasteiger partial charge in [-0.05, 0) is 23.6 Å². The minimum absolute atomic E-state index is 0.0810. The lowest BCUT2D eigenvalue weighted by atomic mass is 10.0. The van der Waals surface area contributed by atoms with E-state index in [1.54, 1.807) is 18.2 Å². The van der Waals surface area contributed by atoms with Crippen molar-refractivity contribution in [2.45, 2.75) is 38.1 Å². The molecule has 2 N–H and O–H groups in total. The molecule has 8 heteroatoms. The van der Waals surface area contributed by atoms with Crippen molar-refractivity contribution in [2.75, 3.05) is 5.75 Å². The maximum absolute atomic E-state index is 12.8. The zero-order valence-corrected chi connectivity index (χ0v) is 19.7. The van der Waals surface area contributed by atoms with E-state index in [4.69, 9.17) is 0 Å². The molecule has 0 bridgehead atoms. The molecule has 2 amide bonds. The molecule has 1 atom stereocenters. The van der Waals surface area contributed by atoms with Gasteiger partial charge in [0.1, 0.15) is 0 Å². The zero-order valence-electron chi connectivity index (χ0n) is 18.9. The van der Waals surface area contributed by atoms with Gasteiger partial charge in [-0.3, -0.25) is 9.59 Å². The van der Waals surface area contributed by atoms with Gasteiger partial charge in [0.05, 0.1) is 11.8 Å². The number of hydrogen-bond acceptors (Lipinski definition) is 5. The number of nitrogens with zero attached hydrogens (tertiary/aromatic N) is 3. The summed E-state index contributed by atoms with van der Waals surface area (Å²) >= 11 is 1.31. The number of rotatable bonds is 11. The highest BCUT2D eigenvalue weighted by atomic mass is 32.2. The van der Waals surface area contributed by atoms with Crippen molar-refractivity contribution in [1.82, 2.24) is 25.4 Å². The predicted octanol–water partition coefficient (Wildman–Crippen LogP) is 4.00. The van der Waals surface area contributed by atoms with Gasteiger partial charge in [-0.15, -0.1) is 16.8 Å². The number of allylic oxidation sites excluding steroid dienone is 1. The van der Waals surface area contributed by atoms with Crippen LogP contribution in [0.3, 0.4) is 0 Å². The number of amides is 2. The third-order valence-electron chi connectivity index (χ3n) is 4.99. The van der Waals surface area contributed by atoms with Crippen molar-refractivity contribution in [1.29, 1.82) is 0 Å². The molecule has 0 fully saturated rings. The molecule has 3 rings (SSSR count). The van der Waals surface area contributed by atoms with Gasteiger partial charge in [0.2, 0.25) is 5.91 Å². The lowest BCUT2D eigenvalue weighted by Crippen LogP contribution is -2.33. The van der Waals surface area contributed by atoms with Crippen molar-refractivity contribution in [2.24, 2.45) is 5.92 Å². The maximum atomic E-state index is 12.8. The molecular weight excluding hydrogens is 434 g/mol. The minimum Gasteiger partial charge on any atom is -0.351 e. The Balaban J connectivity index is 1.69. The van der Waals surface area contributed by atoms with E-state index in [-0.39, 0.29) is 29.5 Å². The van der Waals surface area contributed by atoms with E-state index in [1.165, 1.54) is 11.8 Å². The number of aromatic nitrogens is 3. The smallest absolute Gasteiger partial charge is 0.251 e. The van der Waals surface area contributed by atoms with Crippen LogP contribution in [0.5, 0.6) is 0 Å². The number of hydrogen-bond donors (Lipinski definition) is 2. The predicted molar refractivity (Wildman–Crippen MR) is 131 cm³/mol. The molecule has 1 heterocycles. The second kappa shape index (κ2) is 12.0. The van der Waals surface area contributed by atoms with Crippen molar-refractivity contribution >= 4 is 23.6 Å². The van der Waals surface area contributed by atoms with Gasteiger partial charge in [-0.25, -0.2) is 0 Å². The van der Waals surface area contributed by atoms with Crippen LogP contribution in [0.1, 0.15) is 41.6 Å². The molecule has 0 unspecified atom stereocenters. The monoisotopic (exact) mass is 463 g/mol. The van der Waals surface area contributed by atoms with E-state index in [2.05, 4.69) is 27.4 Å². The van der Waals surface area contributed by atoms with Crippen LogP contribution >= 0.6 is 11.8 Å². The highest BCUT2D eigenvalue weighted by Crippen LogP contribution is 2.25. The first-order valence-electron chi connectivity index (χ1n) is 10.8. The van der Waals surface area contributed by atoms with Crippen LogP contribution in [0.4, 0.5) is 0 Å². The molecule has 0 aliphatic carbocycles. The van der Waals surface area contributed by atoms with Crippen LogP contribution in [0, 0.1) is 5.92 Å². The normalized spacial score (nSPS) is 11.7. The summed E-state index contributed by atoms with van der Waals surface area (Å²) < 4.78 is 1.90. The van der Waals surface area contributed by atoms with Gasteiger partial charge >= 0.3 is 0 Å². The number of carbonyl (C=O) groups is 2. The highest BCUT2D eigenvalue weighted by Gasteiger charge is 2.26. The Hall–Kier alpha value is -3.39. The molecule has 33 heavy (non-hydrogen) atoms. The largest absolute Gasteiger partial charge is 0.351 e. The molecule has 2 aromatic carbocycles. The van der Waals surface area contributed by atoms with E-state index < -0.39 is 0 Å². The van der Waals surface area contributed by atoms with Gasteiger partial charge in [-0.2, -0.15) is 0 Å². The van der Waals surface area contributed by atoms with Gasteiger partial charge in [0.25, 0.3) is 5.91 Å². The first-order chi connectivity index (χ1) is 16.0. The zero-order chi connectivity index (χ0) is 23.6. The molecule has 0 radical (unpaired) electrons. The number of carbonyl (C=O) groups excluding carboxylic acids is 2. The molecule has 7 nitrogen and oxygen atoms in total. The maximum Gasteiger partial charge on any atom is 0.251 e. The van der Waals surface area contributed by atoms with E-state index in [0.29, 0.717) is 29.6 Å². The Morgan fingerprint density at radius 2 is 1.73 bits per heavy atom. The third kappa shape index (κ3) is 6.79. The molecule has 1 aromatic heterocycles. The molecule has 172 valence electrons. The highest BCUT2D eigenvalue weighted by molar-refractivity contribution is 7.99. The summed E-state index contributed by atoms with van der Waals surface area (Å²) in [6, 6.07) is 18.5. The van der Waals surface area contributed by atoms with Crippen LogP contribution in [0.25, 0.3) is 0 Å². The van der Waals surface area contributed by atoms with Crippen LogP contribution in [-0.4, -0.2) is 32.3 Å². The van der Waals surface area contributed by atoms with Gasteiger partial charge in [0, 0.05) is 18.7 Å². The Morgan fingerprint density at radius 3 is 2.36 bits per heavy atom. The third-order valence-corrected chi connectivity index (χ3v) is 5.96. The Morgan fingerprint density at radius 1 is 1.06 bits per heavy atom. The van der Waals surface area contributed by atoms with Crippen LogP contribution in [0.2, 0.25) is 0 Å². The number of nitrogens with one attached hydrogen (secondary N) is 2.